The Kier molecular flexibility index (Phi) is 3.97. The molecule has 0 aliphatic heterocycles. The van der Waals surface area contributed by atoms with E-state index in [0.29, 0.717) is 24.1 Å². The van der Waals surface area contributed by atoms with Gasteiger partial charge in [-0.05, 0) is 49.1 Å². The third-order valence-corrected chi connectivity index (χ3v) is 3.70. The van der Waals surface area contributed by atoms with Crippen molar-refractivity contribution in [3.63, 3.8) is 0 Å². The summed E-state index contributed by atoms with van der Waals surface area (Å²) in [7, 11) is 0. The maximum absolute atomic E-state index is 10.6. The van der Waals surface area contributed by atoms with Crippen molar-refractivity contribution in [1.82, 2.24) is 15.0 Å². The third kappa shape index (κ3) is 3.15. The molecule has 0 saturated carbocycles. The number of carbonyl (C=O) groups is 1. The normalized spacial score (nSPS) is 11.0. The van der Waals surface area contributed by atoms with Gasteiger partial charge >= 0.3 is 5.97 Å². The number of nitrogens with zero attached hydrogens (tertiary/aromatic N) is 3. The van der Waals surface area contributed by atoms with Crippen molar-refractivity contribution in [3.8, 4) is 11.4 Å². The van der Waals surface area contributed by atoms with Gasteiger partial charge in [0.15, 0.2) is 0 Å². The number of aromatic nitrogens is 3. The molecule has 3 aromatic rings. The number of rotatable bonds is 5. The Labute approximate surface area is 133 Å². The van der Waals surface area contributed by atoms with Crippen molar-refractivity contribution >= 4 is 17.0 Å². The molecule has 1 heterocycles. The van der Waals surface area contributed by atoms with Gasteiger partial charge in [0, 0.05) is 6.42 Å². The highest BCUT2D eigenvalue weighted by molar-refractivity contribution is 5.73. The fraction of sp³-hybridized carbons (Fsp3) is 0.235. The summed E-state index contributed by atoms with van der Waals surface area (Å²) in [5.74, 6) is -0.673. The van der Waals surface area contributed by atoms with Gasteiger partial charge in [0.1, 0.15) is 22.5 Å². The zero-order valence-electron chi connectivity index (χ0n) is 12.7. The van der Waals surface area contributed by atoms with Crippen LogP contribution >= 0.6 is 0 Å². The summed E-state index contributed by atoms with van der Waals surface area (Å²) in [5, 5.41) is 27.8. The first-order valence-corrected chi connectivity index (χ1v) is 7.41. The first-order valence-electron chi connectivity index (χ1n) is 7.41. The molecule has 0 amide bonds. The zero-order valence-corrected chi connectivity index (χ0v) is 12.7. The molecule has 2 aromatic carbocycles. The molecule has 6 nitrogen and oxygen atoms in total. The average Bonchev–Trinajstić information content (AvgIpc) is 2.94. The number of phenols is 1. The van der Waals surface area contributed by atoms with Crippen molar-refractivity contribution in [2.45, 2.75) is 26.2 Å². The molecular formula is C17H17N3O3. The van der Waals surface area contributed by atoms with Crippen LogP contribution in [0.2, 0.25) is 0 Å². The van der Waals surface area contributed by atoms with E-state index in [9.17, 15) is 9.90 Å². The van der Waals surface area contributed by atoms with Crippen LogP contribution in [0.25, 0.3) is 16.7 Å². The molecule has 0 atom stereocenters. The standard InChI is InChI=1S/C17H17N3O3/c1-11-9-12(5-4-8-16(21)22)10-15(17(11)23)20-18-13-6-2-3-7-14(13)19-20/h2-3,6-7,9-10,23H,4-5,8H2,1H3,(H,21,22). The molecule has 1 aromatic heterocycles. The van der Waals surface area contributed by atoms with E-state index in [1.165, 1.54) is 4.80 Å². The van der Waals surface area contributed by atoms with E-state index in [1.807, 2.05) is 43.3 Å². The lowest BCUT2D eigenvalue weighted by Crippen LogP contribution is -2.02. The Morgan fingerprint density at radius 2 is 1.83 bits per heavy atom. The quantitative estimate of drug-likeness (QED) is 0.756. The molecule has 0 fully saturated rings. The van der Waals surface area contributed by atoms with Gasteiger partial charge in [-0.15, -0.1) is 15.0 Å². The minimum Gasteiger partial charge on any atom is -0.505 e. The van der Waals surface area contributed by atoms with Gasteiger partial charge in [-0.2, -0.15) is 0 Å². The fourth-order valence-electron chi connectivity index (χ4n) is 2.54. The van der Waals surface area contributed by atoms with E-state index in [2.05, 4.69) is 10.2 Å². The van der Waals surface area contributed by atoms with Gasteiger partial charge in [0.05, 0.1) is 0 Å². The number of aryl methyl sites for hydroxylation is 2. The minimum absolute atomic E-state index is 0.124. The molecule has 6 heteroatoms. The molecule has 0 saturated heterocycles. The zero-order chi connectivity index (χ0) is 16.4. The number of phenolic OH excluding ortho intramolecular Hbond substituents is 1. The Bertz CT molecular complexity index is 838. The molecule has 3 rings (SSSR count). The lowest BCUT2D eigenvalue weighted by atomic mass is 10.0. The first-order chi connectivity index (χ1) is 11.0. The Balaban J connectivity index is 1.97. The summed E-state index contributed by atoms with van der Waals surface area (Å²) in [4.78, 5) is 12.1. The lowest BCUT2D eigenvalue weighted by Gasteiger charge is -2.09. The van der Waals surface area contributed by atoms with Gasteiger partial charge in [0.25, 0.3) is 0 Å². The van der Waals surface area contributed by atoms with Gasteiger partial charge in [-0.1, -0.05) is 18.2 Å². The van der Waals surface area contributed by atoms with Crippen LogP contribution in [0, 0.1) is 6.92 Å². The van der Waals surface area contributed by atoms with E-state index in [-0.39, 0.29) is 12.2 Å². The fourth-order valence-corrected chi connectivity index (χ4v) is 2.54. The molecule has 0 radical (unpaired) electrons. The molecule has 0 unspecified atom stereocenters. The molecule has 2 N–H and O–H groups in total. The van der Waals surface area contributed by atoms with Gasteiger partial charge in [-0.3, -0.25) is 4.79 Å². The summed E-state index contributed by atoms with van der Waals surface area (Å²) >= 11 is 0. The number of hydrogen-bond donors (Lipinski definition) is 2. The number of hydrogen-bond acceptors (Lipinski definition) is 4. The second-order valence-corrected chi connectivity index (χ2v) is 5.51. The molecule has 0 aliphatic carbocycles. The number of aliphatic carboxylic acids is 1. The van der Waals surface area contributed by atoms with Crippen molar-refractivity contribution in [2.75, 3.05) is 0 Å². The largest absolute Gasteiger partial charge is 0.505 e. The maximum atomic E-state index is 10.6. The number of carboxylic acid groups (broad SMARTS) is 1. The Morgan fingerprint density at radius 3 is 2.43 bits per heavy atom. The summed E-state index contributed by atoms with van der Waals surface area (Å²) < 4.78 is 0. The summed E-state index contributed by atoms with van der Waals surface area (Å²) in [6.07, 6.45) is 1.30. The third-order valence-electron chi connectivity index (χ3n) is 3.70. The highest BCUT2D eigenvalue weighted by Crippen LogP contribution is 2.28. The van der Waals surface area contributed by atoms with Gasteiger partial charge < -0.3 is 10.2 Å². The van der Waals surface area contributed by atoms with Crippen molar-refractivity contribution in [2.24, 2.45) is 0 Å². The Morgan fingerprint density at radius 1 is 1.17 bits per heavy atom. The second-order valence-electron chi connectivity index (χ2n) is 5.51. The number of fused-ring (bicyclic) bond motifs is 1. The van der Waals surface area contributed by atoms with E-state index in [1.54, 1.807) is 0 Å². The van der Waals surface area contributed by atoms with Crippen molar-refractivity contribution in [1.29, 1.82) is 0 Å². The van der Waals surface area contributed by atoms with Crippen LogP contribution in [0.3, 0.4) is 0 Å². The summed E-state index contributed by atoms with van der Waals surface area (Å²) in [6, 6.07) is 11.2. The van der Waals surface area contributed by atoms with Crippen molar-refractivity contribution < 1.29 is 15.0 Å². The number of aromatic hydroxyl groups is 1. The smallest absolute Gasteiger partial charge is 0.303 e. The second kappa shape index (κ2) is 6.08. The van der Waals surface area contributed by atoms with Gasteiger partial charge in [-0.25, -0.2) is 0 Å². The van der Waals surface area contributed by atoms with Crippen molar-refractivity contribution in [3.05, 3.63) is 47.5 Å². The van der Waals surface area contributed by atoms with E-state index in [0.717, 1.165) is 16.6 Å². The molecule has 0 aliphatic rings. The maximum Gasteiger partial charge on any atom is 0.303 e. The van der Waals surface area contributed by atoms with Crippen LogP contribution in [-0.4, -0.2) is 31.2 Å². The lowest BCUT2D eigenvalue weighted by molar-refractivity contribution is -0.137. The summed E-state index contributed by atoms with van der Waals surface area (Å²) in [6.45, 7) is 1.81. The summed E-state index contributed by atoms with van der Waals surface area (Å²) in [5.41, 5.74) is 3.68. The molecule has 118 valence electrons. The van der Waals surface area contributed by atoms with E-state index in [4.69, 9.17) is 5.11 Å². The average molecular weight is 311 g/mol. The number of carboxylic acids is 1. The first kappa shape index (κ1) is 15.0. The van der Waals surface area contributed by atoms with E-state index >= 15 is 0 Å². The van der Waals surface area contributed by atoms with Crippen LogP contribution in [0.1, 0.15) is 24.0 Å². The highest BCUT2D eigenvalue weighted by atomic mass is 16.4. The van der Waals surface area contributed by atoms with Crippen LogP contribution in [0.5, 0.6) is 5.75 Å². The molecule has 0 spiro atoms. The Hall–Kier alpha value is -2.89. The predicted molar refractivity (Wildman–Crippen MR) is 85.8 cm³/mol. The van der Waals surface area contributed by atoms with Crippen LogP contribution in [0.15, 0.2) is 36.4 Å². The molecule has 0 bridgehead atoms. The van der Waals surface area contributed by atoms with Crippen LogP contribution in [0.4, 0.5) is 0 Å². The van der Waals surface area contributed by atoms with Crippen LogP contribution in [-0.2, 0) is 11.2 Å². The number of benzene rings is 2. The topological polar surface area (TPSA) is 88.2 Å². The van der Waals surface area contributed by atoms with E-state index < -0.39 is 5.97 Å². The van der Waals surface area contributed by atoms with Crippen LogP contribution < -0.4 is 0 Å². The minimum atomic E-state index is -0.805. The molecular weight excluding hydrogens is 294 g/mol. The highest BCUT2D eigenvalue weighted by Gasteiger charge is 2.12. The van der Waals surface area contributed by atoms with Gasteiger partial charge in [0.2, 0.25) is 0 Å². The predicted octanol–water partition coefficient (Wildman–Crippen LogP) is 2.84. The monoisotopic (exact) mass is 311 g/mol. The SMILES string of the molecule is Cc1cc(CCCC(=O)O)cc(-n2nc3ccccc3n2)c1O. The molecule has 23 heavy (non-hydrogen) atoms.